The number of tetrazole rings is 1. The van der Waals surface area contributed by atoms with Crippen LogP contribution in [0.2, 0.25) is 0 Å². The molecule has 1 atom stereocenters. The maximum absolute atomic E-state index is 4.26. The molecule has 1 saturated carbocycles. The average Bonchev–Trinajstić information content (AvgIpc) is 2.88. The third kappa shape index (κ3) is 4.18. The van der Waals surface area contributed by atoms with Gasteiger partial charge in [0, 0.05) is 12.3 Å². The molecule has 19 heavy (non-hydrogen) atoms. The highest BCUT2D eigenvalue weighted by atomic mass is 32.2. The fraction of sp³-hybridized carbons (Fsp3) is 0.923. The predicted molar refractivity (Wildman–Crippen MR) is 79.4 cm³/mol. The quantitative estimate of drug-likeness (QED) is 0.803. The molecule has 0 aliphatic heterocycles. The first-order valence-corrected chi connectivity index (χ1v) is 8.27. The van der Waals surface area contributed by atoms with Gasteiger partial charge in [0.15, 0.2) is 5.82 Å². The molecule has 0 spiro atoms. The Hall–Kier alpha value is -0.620. The Kier molecular flexibility index (Phi) is 5.63. The lowest BCUT2D eigenvalue weighted by atomic mass is 9.95. The zero-order chi connectivity index (χ0) is 13.7. The van der Waals surface area contributed by atoms with Crippen LogP contribution in [0.15, 0.2) is 0 Å². The van der Waals surface area contributed by atoms with Crippen LogP contribution in [0.1, 0.15) is 56.1 Å². The summed E-state index contributed by atoms with van der Waals surface area (Å²) in [5, 5.41) is 12.8. The first-order valence-electron chi connectivity index (χ1n) is 7.22. The lowest BCUT2D eigenvalue weighted by Crippen LogP contribution is -2.19. The molecule has 5 nitrogen and oxygen atoms in total. The highest BCUT2D eigenvalue weighted by molar-refractivity contribution is 7.99. The minimum Gasteiger partial charge on any atom is -0.309 e. The summed E-state index contributed by atoms with van der Waals surface area (Å²) in [7, 11) is 4.22. The van der Waals surface area contributed by atoms with Crippen molar-refractivity contribution in [1.82, 2.24) is 25.1 Å². The summed E-state index contributed by atoms with van der Waals surface area (Å²) in [4.78, 5) is 2.21. The van der Waals surface area contributed by atoms with Crippen molar-refractivity contribution < 1.29 is 0 Å². The largest absolute Gasteiger partial charge is 0.309 e. The van der Waals surface area contributed by atoms with E-state index < -0.39 is 0 Å². The molecule has 1 aromatic heterocycles. The van der Waals surface area contributed by atoms with Crippen molar-refractivity contribution in [2.75, 3.05) is 26.4 Å². The lowest BCUT2D eigenvalue weighted by Gasteiger charge is -2.23. The minimum absolute atomic E-state index is 0.372. The van der Waals surface area contributed by atoms with Crippen LogP contribution >= 0.6 is 11.8 Å². The molecule has 0 aromatic carbocycles. The molecule has 0 radical (unpaired) electrons. The minimum atomic E-state index is 0.372. The molecule has 1 fully saturated rings. The zero-order valence-electron chi connectivity index (χ0n) is 12.2. The van der Waals surface area contributed by atoms with E-state index in [4.69, 9.17) is 0 Å². The Morgan fingerprint density at radius 1 is 1.32 bits per heavy atom. The zero-order valence-corrected chi connectivity index (χ0v) is 13.1. The molecule has 0 N–H and O–H groups in total. The van der Waals surface area contributed by atoms with Gasteiger partial charge in [-0.25, -0.2) is 4.68 Å². The second kappa shape index (κ2) is 7.24. The molecule has 0 saturated heterocycles. The van der Waals surface area contributed by atoms with Crippen molar-refractivity contribution in [3.8, 4) is 0 Å². The molecule has 0 amide bonds. The summed E-state index contributed by atoms with van der Waals surface area (Å²) in [6.07, 6.45) is 6.44. The van der Waals surface area contributed by atoms with E-state index >= 15 is 0 Å². The van der Waals surface area contributed by atoms with Crippen molar-refractivity contribution >= 4 is 11.8 Å². The third-order valence-corrected chi connectivity index (χ3v) is 4.84. The van der Waals surface area contributed by atoms with Gasteiger partial charge in [-0.2, -0.15) is 0 Å². The second-order valence-electron chi connectivity index (χ2n) is 5.59. The number of thioether (sulfide) groups is 1. The van der Waals surface area contributed by atoms with Crippen molar-refractivity contribution in [2.45, 2.75) is 50.3 Å². The molecule has 1 aromatic rings. The van der Waals surface area contributed by atoms with E-state index in [1.165, 1.54) is 32.1 Å². The predicted octanol–water partition coefficient (Wildman–Crippen LogP) is 2.53. The van der Waals surface area contributed by atoms with Crippen molar-refractivity contribution in [2.24, 2.45) is 0 Å². The van der Waals surface area contributed by atoms with E-state index in [1.54, 1.807) is 0 Å². The van der Waals surface area contributed by atoms with Gasteiger partial charge in [0.25, 0.3) is 0 Å². The molecular formula is C13H25N5S. The van der Waals surface area contributed by atoms with Gasteiger partial charge in [-0.3, -0.25) is 0 Å². The van der Waals surface area contributed by atoms with Crippen LogP contribution in [0.4, 0.5) is 0 Å². The van der Waals surface area contributed by atoms with Crippen LogP contribution in [-0.4, -0.2) is 51.5 Å². The lowest BCUT2D eigenvalue weighted by molar-refractivity contribution is 0.317. The Morgan fingerprint density at radius 3 is 2.74 bits per heavy atom. The fourth-order valence-electron chi connectivity index (χ4n) is 2.54. The van der Waals surface area contributed by atoms with Crippen LogP contribution in [0.25, 0.3) is 0 Å². The molecule has 1 aliphatic rings. The summed E-state index contributed by atoms with van der Waals surface area (Å²) < 4.78 is 2.09. The van der Waals surface area contributed by atoms with E-state index in [-0.39, 0.29) is 0 Å². The highest BCUT2D eigenvalue weighted by Gasteiger charge is 2.23. The summed E-state index contributed by atoms with van der Waals surface area (Å²) in [5.41, 5.74) is 0. The van der Waals surface area contributed by atoms with Crippen LogP contribution in [-0.2, 0) is 0 Å². The highest BCUT2D eigenvalue weighted by Crippen LogP contribution is 2.32. The first-order chi connectivity index (χ1) is 9.18. The molecule has 1 heterocycles. The summed E-state index contributed by atoms with van der Waals surface area (Å²) >= 11 is 1.94. The molecule has 0 bridgehead atoms. The standard InChI is InChI=1S/C13H25N5S/c1-11(19-10-9-17(2)3)13-14-15-16-18(13)12-7-5-4-6-8-12/h11-12H,4-10H2,1-3H3/t11-/m1/s1. The van der Waals surface area contributed by atoms with Crippen molar-refractivity contribution in [3.63, 3.8) is 0 Å². The van der Waals surface area contributed by atoms with Crippen molar-refractivity contribution in [1.29, 1.82) is 0 Å². The number of hydrogen-bond donors (Lipinski definition) is 0. The number of nitrogens with zero attached hydrogens (tertiary/aromatic N) is 5. The number of aromatic nitrogens is 4. The summed E-state index contributed by atoms with van der Waals surface area (Å²) in [5.74, 6) is 2.17. The van der Waals surface area contributed by atoms with Gasteiger partial charge in [0.2, 0.25) is 0 Å². The van der Waals surface area contributed by atoms with Crippen LogP contribution in [0.3, 0.4) is 0 Å². The Morgan fingerprint density at radius 2 is 2.05 bits per heavy atom. The smallest absolute Gasteiger partial charge is 0.164 e. The summed E-state index contributed by atoms with van der Waals surface area (Å²) in [6, 6.07) is 0.524. The van der Waals surface area contributed by atoms with Crippen LogP contribution < -0.4 is 0 Å². The van der Waals surface area contributed by atoms with Gasteiger partial charge in [-0.1, -0.05) is 19.3 Å². The maximum atomic E-state index is 4.26. The third-order valence-electron chi connectivity index (χ3n) is 3.71. The van der Waals surface area contributed by atoms with Gasteiger partial charge >= 0.3 is 0 Å². The van der Waals surface area contributed by atoms with Gasteiger partial charge in [-0.05, 0) is 44.3 Å². The van der Waals surface area contributed by atoms with E-state index in [0.717, 1.165) is 18.1 Å². The first kappa shape index (κ1) is 14.8. The monoisotopic (exact) mass is 283 g/mol. The Balaban J connectivity index is 1.93. The SMILES string of the molecule is C[C@@H](SCCN(C)C)c1nnnn1C1CCCCC1. The Bertz CT molecular complexity index is 373. The second-order valence-corrected chi connectivity index (χ2v) is 7.04. The molecule has 2 rings (SSSR count). The molecular weight excluding hydrogens is 258 g/mol. The van der Waals surface area contributed by atoms with Crippen molar-refractivity contribution in [3.05, 3.63) is 5.82 Å². The average molecular weight is 283 g/mol. The van der Waals surface area contributed by atoms with E-state index in [1.807, 2.05) is 11.8 Å². The molecule has 0 unspecified atom stereocenters. The van der Waals surface area contributed by atoms with Gasteiger partial charge in [0.1, 0.15) is 0 Å². The van der Waals surface area contributed by atoms with E-state index in [0.29, 0.717) is 11.3 Å². The van der Waals surface area contributed by atoms with Crippen LogP contribution in [0.5, 0.6) is 0 Å². The normalized spacial score (nSPS) is 18.9. The Labute approximate surface area is 120 Å². The van der Waals surface area contributed by atoms with Gasteiger partial charge in [0.05, 0.1) is 11.3 Å². The maximum Gasteiger partial charge on any atom is 0.164 e. The fourth-order valence-corrected chi connectivity index (χ4v) is 3.67. The number of hydrogen-bond acceptors (Lipinski definition) is 5. The molecule has 6 heteroatoms. The topological polar surface area (TPSA) is 46.8 Å². The molecule has 108 valence electrons. The van der Waals surface area contributed by atoms with Gasteiger partial charge < -0.3 is 4.90 Å². The number of rotatable bonds is 6. The molecule has 1 aliphatic carbocycles. The van der Waals surface area contributed by atoms with E-state index in [9.17, 15) is 0 Å². The van der Waals surface area contributed by atoms with Gasteiger partial charge in [-0.15, -0.1) is 16.9 Å². The summed E-state index contributed by atoms with van der Waals surface area (Å²) in [6.45, 7) is 3.31. The van der Waals surface area contributed by atoms with E-state index in [2.05, 4.69) is 46.1 Å². The van der Waals surface area contributed by atoms with Crippen LogP contribution in [0, 0.1) is 0 Å².